The Kier molecular flexibility index (Phi) is 8.75. The fraction of sp³-hybridized carbons (Fsp3) is 0.588. The first-order chi connectivity index (χ1) is 22.7. The minimum Gasteiger partial charge on any atom is -0.338 e. The highest BCUT2D eigenvalue weighted by Crippen LogP contribution is 2.32. The number of hydrogen-bond acceptors (Lipinski definition) is 7. The monoisotopic (exact) mass is 647 g/mol. The maximum atomic E-state index is 14.2. The fourth-order valence-electron chi connectivity index (χ4n) is 7.77. The first kappa shape index (κ1) is 30.0. The number of nitrogens with one attached hydrogen (secondary N) is 3. The Morgan fingerprint density at radius 3 is 2.57 bits per heavy atom. The molecule has 246 valence electrons. The summed E-state index contributed by atoms with van der Waals surface area (Å²) in [5, 5.41) is 11.8. The van der Waals surface area contributed by atoms with Gasteiger partial charge in [0.1, 0.15) is 6.04 Å². The topological polar surface area (TPSA) is 121 Å². The number of thioether (sulfide) groups is 1. The van der Waals surface area contributed by atoms with Crippen LogP contribution >= 0.6 is 11.8 Å². The highest BCUT2D eigenvalue weighted by Gasteiger charge is 2.34. The number of rotatable bonds is 6. The number of aromatic nitrogens is 3. The van der Waals surface area contributed by atoms with Gasteiger partial charge in [-0.3, -0.25) is 19.6 Å². The van der Waals surface area contributed by atoms with E-state index in [1.165, 1.54) is 5.56 Å². The van der Waals surface area contributed by atoms with E-state index in [0.29, 0.717) is 56.9 Å². The Hall–Kier alpha value is -3.35. The SMILES string of the molecule is [2H]c1n[nH]c2c(C)cc(C[C@@H](NC(=O)N3CCC(c4cc5c([nH]c4=O)SCC5)CC3)C(=O)N3CCN(C4CCN(C)CC4)CC3)cc12. The number of likely N-dealkylation sites (tertiary alicyclic amines) is 2. The zero-order valence-corrected chi connectivity index (χ0v) is 27.8. The van der Waals surface area contributed by atoms with Crippen molar-refractivity contribution in [2.45, 2.75) is 68.5 Å². The number of carbonyl (C=O) groups is 2. The normalized spacial score (nSPS) is 21.4. The number of piperidine rings is 2. The standard InChI is InChI=1S/C34H46N8O3S/c1-22-17-23(18-26-21-35-38-30(22)26)19-29(33(44)41-14-12-40(13-15-41)27-5-8-39(2)9-6-27)36-34(45)42-10-3-24(4-11-42)28-20-25-7-16-46-32(25)37-31(28)43/h17-18,20-21,24,27,29H,3-16,19H2,1-2H3,(H,35,38)(H,36,45)(H,37,43)/t29-/m1/s1/i21D. The second kappa shape index (κ2) is 13.4. The van der Waals surface area contributed by atoms with Crippen molar-refractivity contribution in [1.29, 1.82) is 0 Å². The van der Waals surface area contributed by atoms with Gasteiger partial charge in [-0.1, -0.05) is 6.07 Å². The largest absolute Gasteiger partial charge is 0.338 e. The van der Waals surface area contributed by atoms with Crippen molar-refractivity contribution < 1.29 is 11.0 Å². The molecule has 46 heavy (non-hydrogen) atoms. The van der Waals surface area contributed by atoms with Crippen LogP contribution in [0.1, 0.15) is 55.2 Å². The molecule has 2 aromatic heterocycles. The molecule has 1 aromatic carbocycles. The van der Waals surface area contributed by atoms with Crippen molar-refractivity contribution >= 4 is 34.6 Å². The number of urea groups is 1. The number of H-pyrrole nitrogens is 2. The van der Waals surface area contributed by atoms with Crippen molar-refractivity contribution in [3.63, 3.8) is 0 Å². The number of aromatic amines is 2. The first-order valence-corrected chi connectivity index (χ1v) is 17.8. The highest BCUT2D eigenvalue weighted by atomic mass is 32.2. The van der Waals surface area contributed by atoms with E-state index < -0.39 is 6.04 Å². The van der Waals surface area contributed by atoms with Gasteiger partial charge in [-0.15, -0.1) is 11.8 Å². The molecule has 0 radical (unpaired) electrons. The van der Waals surface area contributed by atoms with Gasteiger partial charge in [0, 0.05) is 68.4 Å². The summed E-state index contributed by atoms with van der Waals surface area (Å²) in [6.07, 6.45) is 5.22. The van der Waals surface area contributed by atoms with Crippen LogP contribution in [-0.2, 0) is 17.6 Å². The number of nitrogens with zero attached hydrogens (tertiary/aromatic N) is 5. The van der Waals surface area contributed by atoms with E-state index in [0.717, 1.165) is 78.4 Å². The summed E-state index contributed by atoms with van der Waals surface area (Å²) in [6.45, 7) is 8.23. The molecule has 1 atom stereocenters. The molecule has 3 saturated heterocycles. The Morgan fingerprint density at radius 1 is 1.04 bits per heavy atom. The van der Waals surface area contributed by atoms with Crippen LogP contribution in [0.15, 0.2) is 34.2 Å². The number of carbonyl (C=O) groups excluding carboxylic acids is 2. The lowest BCUT2D eigenvalue weighted by atomic mass is 9.89. The summed E-state index contributed by atoms with van der Waals surface area (Å²) in [5.41, 5.74) is 4.70. The van der Waals surface area contributed by atoms with Gasteiger partial charge in [0.2, 0.25) is 5.91 Å². The lowest BCUT2D eigenvalue weighted by Crippen LogP contribution is -2.59. The molecule has 0 bridgehead atoms. The van der Waals surface area contributed by atoms with Gasteiger partial charge in [-0.25, -0.2) is 4.79 Å². The zero-order valence-electron chi connectivity index (χ0n) is 27.9. The second-order valence-electron chi connectivity index (χ2n) is 13.5. The minimum atomic E-state index is -0.731. The van der Waals surface area contributed by atoms with E-state index in [-0.39, 0.29) is 29.6 Å². The number of fused-ring (bicyclic) bond motifs is 2. The van der Waals surface area contributed by atoms with Gasteiger partial charge in [0.05, 0.1) is 18.1 Å². The lowest BCUT2D eigenvalue weighted by molar-refractivity contribution is -0.135. The molecule has 0 spiro atoms. The number of aryl methyl sites for hydroxylation is 2. The van der Waals surface area contributed by atoms with Gasteiger partial charge in [-0.05, 0) is 93.9 Å². The molecule has 3 fully saturated rings. The predicted molar refractivity (Wildman–Crippen MR) is 181 cm³/mol. The van der Waals surface area contributed by atoms with Gasteiger partial charge >= 0.3 is 6.03 Å². The molecule has 11 nitrogen and oxygen atoms in total. The summed E-state index contributed by atoms with van der Waals surface area (Å²) >= 11 is 1.70. The van der Waals surface area contributed by atoms with E-state index in [4.69, 9.17) is 1.37 Å². The van der Waals surface area contributed by atoms with Crippen LogP contribution in [0.2, 0.25) is 0 Å². The molecule has 12 heteroatoms. The highest BCUT2D eigenvalue weighted by molar-refractivity contribution is 7.99. The summed E-state index contributed by atoms with van der Waals surface area (Å²) in [7, 11) is 2.18. The van der Waals surface area contributed by atoms with Crippen LogP contribution in [0.4, 0.5) is 4.79 Å². The van der Waals surface area contributed by atoms with Crippen molar-refractivity contribution in [3.05, 3.63) is 57.0 Å². The molecular weight excluding hydrogens is 600 g/mol. The average Bonchev–Trinajstić information content (AvgIpc) is 3.70. The van der Waals surface area contributed by atoms with Gasteiger partial charge in [-0.2, -0.15) is 5.10 Å². The van der Waals surface area contributed by atoms with E-state index in [1.54, 1.807) is 16.7 Å². The maximum absolute atomic E-state index is 14.2. The van der Waals surface area contributed by atoms with Crippen LogP contribution < -0.4 is 10.9 Å². The minimum absolute atomic E-state index is 0.0108. The summed E-state index contributed by atoms with van der Waals surface area (Å²) < 4.78 is 8.23. The number of amides is 3. The van der Waals surface area contributed by atoms with E-state index in [2.05, 4.69) is 43.4 Å². The third kappa shape index (κ3) is 6.57. The van der Waals surface area contributed by atoms with Crippen LogP contribution in [0.3, 0.4) is 0 Å². The number of piperazine rings is 1. The van der Waals surface area contributed by atoms with Crippen LogP contribution in [0.25, 0.3) is 10.9 Å². The Labute approximate surface area is 275 Å². The predicted octanol–water partition coefficient (Wildman–Crippen LogP) is 2.95. The Bertz CT molecular complexity index is 1690. The molecule has 3 N–H and O–H groups in total. The summed E-state index contributed by atoms with van der Waals surface area (Å²) in [6, 6.07) is 5.60. The zero-order chi connectivity index (χ0) is 32.7. The van der Waals surface area contributed by atoms with Crippen molar-refractivity contribution in [2.24, 2.45) is 0 Å². The molecule has 3 amide bonds. The molecular formula is C34H46N8O3S. The van der Waals surface area contributed by atoms with E-state index in [1.807, 2.05) is 24.0 Å². The van der Waals surface area contributed by atoms with E-state index in [9.17, 15) is 14.4 Å². The average molecular weight is 648 g/mol. The molecule has 0 aliphatic carbocycles. The van der Waals surface area contributed by atoms with Crippen molar-refractivity contribution in [2.75, 3.05) is 65.2 Å². The molecule has 4 aliphatic heterocycles. The number of pyridine rings is 1. The fourth-order valence-corrected chi connectivity index (χ4v) is 8.81. The molecule has 0 saturated carbocycles. The summed E-state index contributed by atoms with van der Waals surface area (Å²) in [4.78, 5) is 52.4. The van der Waals surface area contributed by atoms with Crippen LogP contribution in [-0.4, -0.2) is 124 Å². The number of benzene rings is 1. The second-order valence-corrected chi connectivity index (χ2v) is 14.6. The smallest absolute Gasteiger partial charge is 0.318 e. The third-order valence-corrected chi connectivity index (χ3v) is 11.6. The third-order valence-electron chi connectivity index (χ3n) is 10.6. The number of hydrogen-bond donors (Lipinski definition) is 3. The molecule has 6 heterocycles. The quantitative estimate of drug-likeness (QED) is 0.377. The first-order valence-electron chi connectivity index (χ1n) is 17.3. The molecule has 3 aromatic rings. The molecule has 4 aliphatic rings. The van der Waals surface area contributed by atoms with Crippen LogP contribution in [0.5, 0.6) is 0 Å². The molecule has 7 rings (SSSR count). The lowest BCUT2D eigenvalue weighted by Gasteiger charge is -2.43. The summed E-state index contributed by atoms with van der Waals surface area (Å²) in [5.74, 6) is 1.05. The maximum Gasteiger partial charge on any atom is 0.318 e. The Morgan fingerprint density at radius 2 is 1.80 bits per heavy atom. The van der Waals surface area contributed by atoms with E-state index >= 15 is 0 Å². The Balaban J connectivity index is 1.03. The van der Waals surface area contributed by atoms with Crippen LogP contribution in [0, 0.1) is 6.92 Å². The van der Waals surface area contributed by atoms with Gasteiger partial charge in [0.15, 0.2) is 0 Å². The molecule has 0 unspecified atom stereocenters. The van der Waals surface area contributed by atoms with Crippen molar-refractivity contribution in [1.82, 2.24) is 40.1 Å². The van der Waals surface area contributed by atoms with Crippen molar-refractivity contribution in [3.8, 4) is 0 Å². The van der Waals surface area contributed by atoms with Gasteiger partial charge < -0.3 is 25.0 Å². The van der Waals surface area contributed by atoms with Gasteiger partial charge in [0.25, 0.3) is 5.56 Å².